The minimum Gasteiger partial charge on any atom is -0.318 e. The first-order valence-corrected chi connectivity index (χ1v) is 9.34. The standard InChI is InChI=1S/C22H16Cl2N2/c1-22(15-7-3-2-4-8-15)20(14-11-12-16(23)17(24)13-14)26-19-10-6-5-9-18(19)25-21(22)26/h2-13,20H,1H3/t20-,22-/m0/s1. The summed E-state index contributed by atoms with van der Waals surface area (Å²) in [4.78, 5) is 4.95. The molecule has 0 amide bonds. The van der Waals surface area contributed by atoms with E-state index in [0.717, 1.165) is 22.4 Å². The van der Waals surface area contributed by atoms with E-state index in [9.17, 15) is 0 Å². The zero-order valence-corrected chi connectivity index (χ0v) is 15.7. The molecule has 0 aliphatic carbocycles. The van der Waals surface area contributed by atoms with Crippen molar-refractivity contribution in [3.8, 4) is 0 Å². The highest BCUT2D eigenvalue weighted by atomic mass is 35.5. The van der Waals surface area contributed by atoms with Gasteiger partial charge < -0.3 is 4.57 Å². The van der Waals surface area contributed by atoms with Gasteiger partial charge in [0.15, 0.2) is 0 Å². The van der Waals surface area contributed by atoms with Crippen molar-refractivity contribution in [2.75, 3.05) is 0 Å². The van der Waals surface area contributed by atoms with E-state index in [1.54, 1.807) is 0 Å². The molecule has 4 aromatic rings. The second kappa shape index (κ2) is 5.60. The van der Waals surface area contributed by atoms with Gasteiger partial charge in [-0.3, -0.25) is 0 Å². The lowest BCUT2D eigenvalue weighted by atomic mass is 9.67. The van der Waals surface area contributed by atoms with E-state index in [-0.39, 0.29) is 11.5 Å². The number of nitrogens with zero attached hydrogens (tertiary/aromatic N) is 2. The number of hydrogen-bond donors (Lipinski definition) is 0. The molecular formula is C22H16Cl2N2. The number of fused-ring (bicyclic) bond motifs is 3. The zero-order valence-electron chi connectivity index (χ0n) is 14.2. The molecular weight excluding hydrogens is 363 g/mol. The number of rotatable bonds is 2. The maximum atomic E-state index is 6.34. The summed E-state index contributed by atoms with van der Waals surface area (Å²) in [6.45, 7) is 2.26. The average Bonchev–Trinajstić information content (AvgIpc) is 3.01. The van der Waals surface area contributed by atoms with Crippen molar-refractivity contribution in [1.29, 1.82) is 0 Å². The van der Waals surface area contributed by atoms with E-state index in [4.69, 9.17) is 28.2 Å². The van der Waals surface area contributed by atoms with Gasteiger partial charge in [0.05, 0.1) is 32.5 Å². The zero-order chi connectivity index (χ0) is 17.9. The fourth-order valence-corrected chi connectivity index (χ4v) is 4.53. The number of aromatic nitrogens is 2. The Morgan fingerprint density at radius 1 is 0.885 bits per heavy atom. The van der Waals surface area contributed by atoms with Crippen LogP contribution in [0.4, 0.5) is 0 Å². The summed E-state index contributed by atoms with van der Waals surface area (Å²) in [5, 5.41) is 1.16. The summed E-state index contributed by atoms with van der Waals surface area (Å²) in [5.41, 5.74) is 4.33. The summed E-state index contributed by atoms with van der Waals surface area (Å²) in [6, 6.07) is 24.9. The minimum absolute atomic E-state index is 0.113. The van der Waals surface area contributed by atoms with Crippen molar-refractivity contribution in [3.63, 3.8) is 0 Å². The summed E-state index contributed by atoms with van der Waals surface area (Å²) in [6.07, 6.45) is 0. The molecule has 2 nitrogen and oxygen atoms in total. The quantitative estimate of drug-likeness (QED) is 0.402. The van der Waals surface area contributed by atoms with Crippen molar-refractivity contribution in [2.24, 2.45) is 0 Å². The van der Waals surface area contributed by atoms with Crippen LogP contribution in [0.5, 0.6) is 0 Å². The van der Waals surface area contributed by atoms with E-state index in [0.29, 0.717) is 10.0 Å². The van der Waals surface area contributed by atoms with Gasteiger partial charge in [-0.15, -0.1) is 0 Å². The molecule has 0 saturated heterocycles. The van der Waals surface area contributed by atoms with Crippen molar-refractivity contribution in [3.05, 3.63) is 99.8 Å². The first-order chi connectivity index (χ1) is 12.6. The van der Waals surface area contributed by atoms with Gasteiger partial charge in [0, 0.05) is 0 Å². The van der Waals surface area contributed by atoms with E-state index < -0.39 is 0 Å². The van der Waals surface area contributed by atoms with Crippen molar-refractivity contribution < 1.29 is 0 Å². The van der Waals surface area contributed by atoms with Crippen LogP contribution in [0.3, 0.4) is 0 Å². The normalized spacial score (nSPS) is 21.4. The number of para-hydroxylation sites is 2. The first kappa shape index (κ1) is 15.9. The first-order valence-electron chi connectivity index (χ1n) is 8.58. The molecule has 2 heterocycles. The fraction of sp³-hybridized carbons (Fsp3) is 0.136. The molecule has 1 aromatic heterocycles. The Kier molecular flexibility index (Phi) is 3.43. The Balaban J connectivity index is 1.80. The summed E-state index contributed by atoms with van der Waals surface area (Å²) in [7, 11) is 0. The number of hydrogen-bond acceptors (Lipinski definition) is 1. The summed E-state index contributed by atoms with van der Waals surface area (Å²) < 4.78 is 2.32. The van der Waals surface area contributed by atoms with Crippen LogP contribution < -0.4 is 0 Å². The lowest BCUT2D eigenvalue weighted by Gasteiger charge is -2.48. The maximum Gasteiger partial charge on any atom is 0.123 e. The smallest absolute Gasteiger partial charge is 0.123 e. The molecule has 0 unspecified atom stereocenters. The van der Waals surface area contributed by atoms with Crippen LogP contribution in [0.2, 0.25) is 10.0 Å². The van der Waals surface area contributed by atoms with E-state index in [2.05, 4.69) is 60.0 Å². The predicted molar refractivity (Wildman–Crippen MR) is 107 cm³/mol. The second-order valence-electron chi connectivity index (χ2n) is 6.94. The third-order valence-corrected chi connectivity index (χ3v) is 6.24. The maximum absolute atomic E-state index is 6.34. The minimum atomic E-state index is -0.225. The van der Waals surface area contributed by atoms with Gasteiger partial charge in [-0.1, -0.05) is 71.7 Å². The Morgan fingerprint density at radius 3 is 2.38 bits per heavy atom. The Morgan fingerprint density at radius 2 is 1.62 bits per heavy atom. The Hall–Kier alpha value is -2.29. The second-order valence-corrected chi connectivity index (χ2v) is 7.75. The topological polar surface area (TPSA) is 17.8 Å². The molecule has 1 aliphatic rings. The lowest BCUT2D eigenvalue weighted by Crippen LogP contribution is -2.48. The van der Waals surface area contributed by atoms with Crippen molar-refractivity contribution in [2.45, 2.75) is 18.4 Å². The average molecular weight is 379 g/mol. The molecule has 0 bridgehead atoms. The lowest BCUT2D eigenvalue weighted by molar-refractivity contribution is 0.276. The van der Waals surface area contributed by atoms with Crippen molar-refractivity contribution in [1.82, 2.24) is 9.55 Å². The van der Waals surface area contributed by atoms with E-state index >= 15 is 0 Å². The molecule has 0 N–H and O–H groups in total. The van der Waals surface area contributed by atoms with Crippen molar-refractivity contribution >= 4 is 34.2 Å². The number of benzene rings is 3. The Labute approximate surface area is 162 Å². The molecule has 0 radical (unpaired) electrons. The molecule has 0 spiro atoms. The molecule has 26 heavy (non-hydrogen) atoms. The molecule has 5 rings (SSSR count). The van der Waals surface area contributed by atoms with Crippen LogP contribution in [-0.2, 0) is 5.41 Å². The molecule has 128 valence electrons. The molecule has 4 heteroatoms. The van der Waals surface area contributed by atoms with Crippen LogP contribution in [-0.4, -0.2) is 9.55 Å². The fourth-order valence-electron chi connectivity index (χ4n) is 4.22. The van der Waals surface area contributed by atoms with Gasteiger partial charge in [-0.05, 0) is 42.3 Å². The van der Waals surface area contributed by atoms with Crippen LogP contribution in [0.25, 0.3) is 11.0 Å². The monoisotopic (exact) mass is 378 g/mol. The van der Waals surface area contributed by atoms with Crippen LogP contribution in [0.1, 0.15) is 29.9 Å². The Bertz CT molecular complexity index is 1130. The van der Waals surface area contributed by atoms with Gasteiger partial charge >= 0.3 is 0 Å². The van der Waals surface area contributed by atoms with Crippen LogP contribution in [0.15, 0.2) is 72.8 Å². The predicted octanol–water partition coefficient (Wildman–Crippen LogP) is 6.25. The van der Waals surface area contributed by atoms with Gasteiger partial charge in [0.2, 0.25) is 0 Å². The SMILES string of the molecule is C[C@@]1(c2ccccc2)c2nc3ccccc3n2[C@H]1c1ccc(Cl)c(Cl)c1. The van der Waals surface area contributed by atoms with Crippen LogP contribution in [0, 0.1) is 0 Å². The van der Waals surface area contributed by atoms with Crippen LogP contribution >= 0.6 is 23.2 Å². The summed E-state index contributed by atoms with van der Waals surface area (Å²) in [5.74, 6) is 1.08. The van der Waals surface area contributed by atoms with Gasteiger partial charge in [-0.25, -0.2) is 4.98 Å². The molecule has 0 saturated carbocycles. The van der Waals surface area contributed by atoms with Gasteiger partial charge in [-0.2, -0.15) is 0 Å². The molecule has 1 aliphatic heterocycles. The highest BCUT2D eigenvalue weighted by Crippen LogP contribution is 2.55. The molecule has 0 fully saturated rings. The van der Waals surface area contributed by atoms with E-state index in [1.807, 2.05) is 24.3 Å². The van der Waals surface area contributed by atoms with Gasteiger partial charge in [0.25, 0.3) is 0 Å². The number of imidazole rings is 1. The number of halogens is 2. The van der Waals surface area contributed by atoms with Gasteiger partial charge in [0.1, 0.15) is 5.82 Å². The highest BCUT2D eigenvalue weighted by molar-refractivity contribution is 6.42. The summed E-state index contributed by atoms with van der Waals surface area (Å²) >= 11 is 12.5. The highest BCUT2D eigenvalue weighted by Gasteiger charge is 2.53. The molecule has 3 aromatic carbocycles. The largest absolute Gasteiger partial charge is 0.318 e. The molecule has 2 atom stereocenters. The third kappa shape index (κ3) is 2.03. The van der Waals surface area contributed by atoms with E-state index in [1.165, 1.54) is 5.56 Å². The third-order valence-electron chi connectivity index (χ3n) is 5.50.